The molecular formula is C14H14ClN3O. The zero-order chi connectivity index (χ0) is 13.8. The summed E-state index contributed by atoms with van der Waals surface area (Å²) in [4.78, 5) is 17.6. The van der Waals surface area contributed by atoms with Crippen LogP contribution in [0.1, 0.15) is 5.56 Å². The van der Waals surface area contributed by atoms with Crippen LogP contribution < -0.4 is 10.6 Å². The lowest BCUT2D eigenvalue weighted by atomic mass is 10.1. The Balaban J connectivity index is 2.17. The molecule has 0 aliphatic heterocycles. The smallest absolute Gasteiger partial charge is 0.231 e. The second-order valence-corrected chi connectivity index (χ2v) is 4.56. The first-order valence-electron chi connectivity index (χ1n) is 5.79. The van der Waals surface area contributed by atoms with Crippen molar-refractivity contribution < 1.29 is 4.79 Å². The molecule has 2 aromatic rings. The predicted molar refractivity (Wildman–Crippen MR) is 77.2 cm³/mol. The third-order valence-electron chi connectivity index (χ3n) is 2.86. The predicted octanol–water partition coefficient (Wildman–Crippen LogP) is 2.52. The molecule has 1 amide bonds. The number of anilines is 2. The number of amides is 1. The number of nitrogens with two attached hydrogens (primary N) is 1. The molecule has 1 aromatic heterocycles. The highest BCUT2D eigenvalue weighted by molar-refractivity contribution is 6.31. The van der Waals surface area contributed by atoms with Crippen LogP contribution in [0.3, 0.4) is 0 Å². The number of nitrogens with zero attached hydrogens (tertiary/aromatic N) is 2. The molecule has 0 saturated heterocycles. The molecule has 0 radical (unpaired) electrons. The number of likely N-dealkylation sites (N-methyl/N-ethyl adjacent to an activating group) is 1. The molecular weight excluding hydrogens is 262 g/mol. The number of carbonyl (C=O) groups excluding carboxylic acids is 1. The largest absolute Gasteiger partial charge is 0.396 e. The van der Waals surface area contributed by atoms with Crippen LogP contribution in [0.15, 0.2) is 42.7 Å². The highest BCUT2D eigenvalue weighted by Crippen LogP contribution is 2.22. The zero-order valence-corrected chi connectivity index (χ0v) is 11.3. The Morgan fingerprint density at radius 1 is 1.37 bits per heavy atom. The number of benzene rings is 1. The average Bonchev–Trinajstić information content (AvgIpc) is 2.41. The van der Waals surface area contributed by atoms with Crippen LogP contribution in [0.25, 0.3) is 0 Å². The summed E-state index contributed by atoms with van der Waals surface area (Å²) in [6.07, 6.45) is 3.36. The van der Waals surface area contributed by atoms with Gasteiger partial charge in [0.15, 0.2) is 0 Å². The second-order valence-electron chi connectivity index (χ2n) is 4.16. The Kier molecular flexibility index (Phi) is 4.02. The molecule has 0 unspecified atom stereocenters. The zero-order valence-electron chi connectivity index (χ0n) is 10.5. The number of halogens is 1. The van der Waals surface area contributed by atoms with Crippen molar-refractivity contribution in [3.8, 4) is 0 Å². The van der Waals surface area contributed by atoms with E-state index < -0.39 is 0 Å². The number of aromatic nitrogens is 1. The topological polar surface area (TPSA) is 59.2 Å². The summed E-state index contributed by atoms with van der Waals surface area (Å²) in [5.41, 5.74) is 7.72. The molecule has 1 aromatic carbocycles. The van der Waals surface area contributed by atoms with E-state index in [1.54, 1.807) is 25.4 Å². The van der Waals surface area contributed by atoms with Crippen molar-refractivity contribution >= 4 is 28.9 Å². The van der Waals surface area contributed by atoms with E-state index >= 15 is 0 Å². The highest BCUT2D eigenvalue weighted by Gasteiger charge is 2.15. The van der Waals surface area contributed by atoms with Crippen molar-refractivity contribution in [3.63, 3.8) is 0 Å². The van der Waals surface area contributed by atoms with Crippen molar-refractivity contribution in [1.82, 2.24) is 4.98 Å². The SMILES string of the molecule is CN(C(=O)Cc1ccccc1Cl)c1ccncc1N. The van der Waals surface area contributed by atoms with Gasteiger partial charge >= 0.3 is 0 Å². The summed E-state index contributed by atoms with van der Waals surface area (Å²) in [6, 6.07) is 9.00. The van der Waals surface area contributed by atoms with Gasteiger partial charge < -0.3 is 10.6 Å². The first kappa shape index (κ1) is 13.4. The maximum Gasteiger partial charge on any atom is 0.231 e. The van der Waals surface area contributed by atoms with E-state index in [1.807, 2.05) is 18.2 Å². The summed E-state index contributed by atoms with van der Waals surface area (Å²) in [5, 5.41) is 0.590. The maximum atomic E-state index is 12.2. The molecule has 0 spiro atoms. The van der Waals surface area contributed by atoms with Crippen LogP contribution in [0.2, 0.25) is 5.02 Å². The van der Waals surface area contributed by atoms with Crippen molar-refractivity contribution in [3.05, 3.63) is 53.3 Å². The minimum Gasteiger partial charge on any atom is -0.396 e. The Morgan fingerprint density at radius 3 is 2.79 bits per heavy atom. The number of rotatable bonds is 3. The maximum absolute atomic E-state index is 12.2. The summed E-state index contributed by atoms with van der Waals surface area (Å²) in [6.45, 7) is 0. The molecule has 98 valence electrons. The van der Waals surface area contributed by atoms with Crippen molar-refractivity contribution in [2.24, 2.45) is 0 Å². The van der Waals surface area contributed by atoms with Crippen LogP contribution in [-0.2, 0) is 11.2 Å². The second kappa shape index (κ2) is 5.71. The van der Waals surface area contributed by atoms with E-state index in [9.17, 15) is 4.79 Å². The van der Waals surface area contributed by atoms with Crippen molar-refractivity contribution in [2.45, 2.75) is 6.42 Å². The lowest BCUT2D eigenvalue weighted by Crippen LogP contribution is -2.28. The fourth-order valence-corrected chi connectivity index (χ4v) is 1.96. The van der Waals surface area contributed by atoms with Gasteiger partial charge in [-0.25, -0.2) is 0 Å². The Hall–Kier alpha value is -2.07. The van der Waals surface area contributed by atoms with E-state index in [0.717, 1.165) is 5.56 Å². The number of carbonyl (C=O) groups is 1. The summed E-state index contributed by atoms with van der Waals surface area (Å²) in [5.74, 6) is -0.0778. The van der Waals surface area contributed by atoms with E-state index in [1.165, 1.54) is 11.1 Å². The van der Waals surface area contributed by atoms with Gasteiger partial charge in [0.05, 0.1) is 24.0 Å². The summed E-state index contributed by atoms with van der Waals surface area (Å²) >= 11 is 6.04. The minimum absolute atomic E-state index is 0.0778. The molecule has 0 fully saturated rings. The molecule has 0 aliphatic rings. The average molecular weight is 276 g/mol. The van der Waals surface area contributed by atoms with Crippen LogP contribution in [-0.4, -0.2) is 17.9 Å². The van der Waals surface area contributed by atoms with Crippen LogP contribution >= 0.6 is 11.6 Å². The Bertz CT molecular complexity index is 601. The van der Waals surface area contributed by atoms with Gasteiger partial charge in [0, 0.05) is 18.3 Å². The van der Waals surface area contributed by atoms with Gasteiger partial charge in [0.25, 0.3) is 0 Å². The molecule has 0 atom stereocenters. The van der Waals surface area contributed by atoms with Gasteiger partial charge in [-0.2, -0.15) is 0 Å². The van der Waals surface area contributed by atoms with Crippen LogP contribution in [0.4, 0.5) is 11.4 Å². The van der Waals surface area contributed by atoms with Crippen LogP contribution in [0, 0.1) is 0 Å². The molecule has 4 nitrogen and oxygen atoms in total. The summed E-state index contributed by atoms with van der Waals surface area (Å²) in [7, 11) is 1.69. The minimum atomic E-state index is -0.0778. The van der Waals surface area contributed by atoms with E-state index in [-0.39, 0.29) is 12.3 Å². The third kappa shape index (κ3) is 3.03. The third-order valence-corrected chi connectivity index (χ3v) is 3.23. The molecule has 2 N–H and O–H groups in total. The fourth-order valence-electron chi connectivity index (χ4n) is 1.76. The Labute approximate surface area is 116 Å². The number of hydrogen-bond donors (Lipinski definition) is 1. The van der Waals surface area contributed by atoms with Gasteiger partial charge in [-0.15, -0.1) is 0 Å². The number of nitrogen functional groups attached to an aromatic ring is 1. The molecule has 19 heavy (non-hydrogen) atoms. The number of pyridine rings is 1. The summed E-state index contributed by atoms with van der Waals surface area (Å²) < 4.78 is 0. The van der Waals surface area contributed by atoms with Gasteiger partial charge in [-0.05, 0) is 17.7 Å². The fraction of sp³-hybridized carbons (Fsp3) is 0.143. The van der Waals surface area contributed by atoms with Gasteiger partial charge in [0.2, 0.25) is 5.91 Å². The molecule has 1 heterocycles. The molecule has 0 saturated carbocycles. The monoisotopic (exact) mass is 275 g/mol. The van der Waals surface area contributed by atoms with Crippen molar-refractivity contribution in [1.29, 1.82) is 0 Å². The first-order valence-corrected chi connectivity index (χ1v) is 6.17. The van der Waals surface area contributed by atoms with E-state index in [4.69, 9.17) is 17.3 Å². The van der Waals surface area contributed by atoms with Gasteiger partial charge in [-0.3, -0.25) is 9.78 Å². The molecule has 2 rings (SSSR count). The molecule has 5 heteroatoms. The van der Waals surface area contributed by atoms with Crippen LogP contribution in [0.5, 0.6) is 0 Å². The van der Waals surface area contributed by atoms with Crippen molar-refractivity contribution in [2.75, 3.05) is 17.7 Å². The van der Waals surface area contributed by atoms with E-state index in [0.29, 0.717) is 16.4 Å². The number of hydrogen-bond acceptors (Lipinski definition) is 3. The first-order chi connectivity index (χ1) is 9.09. The highest BCUT2D eigenvalue weighted by atomic mass is 35.5. The normalized spacial score (nSPS) is 10.2. The quantitative estimate of drug-likeness (QED) is 0.936. The Morgan fingerprint density at radius 2 is 2.11 bits per heavy atom. The van der Waals surface area contributed by atoms with E-state index in [2.05, 4.69) is 4.98 Å². The standard InChI is InChI=1S/C14H14ClN3O/c1-18(13-6-7-17-9-12(13)16)14(19)8-10-4-2-3-5-11(10)15/h2-7,9H,8,16H2,1H3. The molecule has 0 bridgehead atoms. The lowest BCUT2D eigenvalue weighted by Gasteiger charge is -2.19. The molecule has 0 aliphatic carbocycles. The van der Waals surface area contributed by atoms with Gasteiger partial charge in [-0.1, -0.05) is 29.8 Å². The van der Waals surface area contributed by atoms with Gasteiger partial charge in [0.1, 0.15) is 0 Å². The lowest BCUT2D eigenvalue weighted by molar-refractivity contribution is -0.117.